The van der Waals surface area contributed by atoms with Crippen LogP contribution in [0.2, 0.25) is 10.0 Å². The van der Waals surface area contributed by atoms with Crippen molar-refractivity contribution in [1.29, 1.82) is 0 Å². The topological polar surface area (TPSA) is 148 Å². The third-order valence-corrected chi connectivity index (χ3v) is 7.95. The minimum atomic E-state index is -5.08. The molecule has 44 heavy (non-hydrogen) atoms. The van der Waals surface area contributed by atoms with Crippen LogP contribution in [0.4, 0.5) is 23.2 Å². The first-order valence-electron chi connectivity index (χ1n) is 13.5. The van der Waals surface area contributed by atoms with Crippen LogP contribution < -0.4 is 16.0 Å². The smallest absolute Gasteiger partial charge is 0.475 e. The monoisotopic (exact) mass is 665 g/mol. The van der Waals surface area contributed by atoms with E-state index in [4.69, 9.17) is 38.2 Å². The average Bonchev–Trinajstić information content (AvgIpc) is 3.38. The molecule has 0 radical (unpaired) electrons. The first kappa shape index (κ1) is 35.5. The fourth-order valence-electron chi connectivity index (χ4n) is 5.70. The summed E-state index contributed by atoms with van der Waals surface area (Å²) in [6.45, 7) is 5.83. The van der Waals surface area contributed by atoms with Gasteiger partial charge in [-0.15, -0.1) is 0 Å². The van der Waals surface area contributed by atoms with Gasteiger partial charge in [0.25, 0.3) is 0 Å². The number of aliphatic hydroxyl groups is 2. The van der Waals surface area contributed by atoms with Gasteiger partial charge in [0.1, 0.15) is 11.2 Å². The Morgan fingerprint density at radius 1 is 1.14 bits per heavy atom. The van der Waals surface area contributed by atoms with E-state index in [1.54, 1.807) is 18.2 Å². The molecule has 2 amide bonds. The van der Waals surface area contributed by atoms with Crippen LogP contribution in [-0.2, 0) is 19.8 Å². The number of carboxylic acids is 1. The number of hydrogen-bond acceptors (Lipinski definition) is 6. The molecular formula is C29H33Cl2F4N3O6. The quantitative estimate of drug-likeness (QED) is 0.241. The molecule has 0 bridgehead atoms. The summed E-state index contributed by atoms with van der Waals surface area (Å²) in [5, 5.41) is 35.4. The molecule has 0 aliphatic carbocycles. The first-order chi connectivity index (χ1) is 20.3. The van der Waals surface area contributed by atoms with Gasteiger partial charge >= 0.3 is 12.1 Å². The number of hydrogen-bond donors (Lipinski definition) is 6. The van der Waals surface area contributed by atoms with Gasteiger partial charge in [0, 0.05) is 29.2 Å². The number of amides is 2. The van der Waals surface area contributed by atoms with Gasteiger partial charge in [0.2, 0.25) is 11.8 Å². The van der Waals surface area contributed by atoms with Gasteiger partial charge in [0.15, 0.2) is 0 Å². The Labute approximate surface area is 260 Å². The van der Waals surface area contributed by atoms with Gasteiger partial charge in [0.05, 0.1) is 23.8 Å². The van der Waals surface area contributed by atoms with Crippen molar-refractivity contribution >= 4 is 46.7 Å². The molecule has 2 aliphatic heterocycles. The zero-order valence-corrected chi connectivity index (χ0v) is 25.4. The van der Waals surface area contributed by atoms with Gasteiger partial charge in [-0.1, -0.05) is 56.1 Å². The summed E-state index contributed by atoms with van der Waals surface area (Å²) < 4.78 is 46.6. The molecule has 15 heteroatoms. The van der Waals surface area contributed by atoms with E-state index >= 15 is 0 Å². The number of fused-ring (bicyclic) bond motifs is 2. The number of carboxylic acid groups (broad SMARTS) is 1. The highest BCUT2D eigenvalue weighted by atomic mass is 35.5. The molecule has 1 saturated heterocycles. The van der Waals surface area contributed by atoms with Gasteiger partial charge in [-0.2, -0.15) is 13.2 Å². The number of carbonyl (C=O) groups is 3. The Morgan fingerprint density at radius 3 is 2.32 bits per heavy atom. The lowest BCUT2D eigenvalue weighted by Crippen LogP contribution is -2.49. The molecule has 5 atom stereocenters. The highest BCUT2D eigenvalue weighted by molar-refractivity contribution is 6.31. The van der Waals surface area contributed by atoms with Crippen molar-refractivity contribution in [2.45, 2.75) is 69.3 Å². The van der Waals surface area contributed by atoms with E-state index in [1.165, 1.54) is 12.1 Å². The third kappa shape index (κ3) is 7.63. The SMILES string of the molecule is CC(C)(C)C[C@@H]1N[C@@H](C(=O)NCC[C@H](O)CO)[C@H](c2cccc(Cl)c2)[C@]12C(=O)Nc1cc(Cl)c(F)cc12.O=C(O)C(F)(F)F. The maximum absolute atomic E-state index is 14.9. The van der Waals surface area contributed by atoms with Crippen LogP contribution in [0, 0.1) is 11.2 Å². The van der Waals surface area contributed by atoms with E-state index in [-0.39, 0.29) is 35.2 Å². The fourth-order valence-corrected chi connectivity index (χ4v) is 6.06. The number of aliphatic hydroxyl groups excluding tert-OH is 2. The number of anilines is 1. The van der Waals surface area contributed by atoms with Crippen molar-refractivity contribution in [2.75, 3.05) is 18.5 Å². The van der Waals surface area contributed by atoms with Crippen molar-refractivity contribution in [3.8, 4) is 0 Å². The molecule has 2 heterocycles. The Kier molecular flexibility index (Phi) is 11.0. The molecule has 2 aromatic rings. The zero-order valence-electron chi connectivity index (χ0n) is 23.9. The lowest BCUT2D eigenvalue weighted by atomic mass is 9.62. The predicted octanol–water partition coefficient (Wildman–Crippen LogP) is 4.38. The van der Waals surface area contributed by atoms with Gasteiger partial charge in [-0.25, -0.2) is 9.18 Å². The summed E-state index contributed by atoms with van der Waals surface area (Å²) in [4.78, 5) is 36.5. The molecule has 2 aromatic carbocycles. The Balaban J connectivity index is 0.000000676. The molecule has 4 rings (SSSR count). The van der Waals surface area contributed by atoms with E-state index in [0.29, 0.717) is 28.3 Å². The summed E-state index contributed by atoms with van der Waals surface area (Å²) in [7, 11) is 0. The van der Waals surface area contributed by atoms with Gasteiger partial charge < -0.3 is 31.3 Å². The maximum Gasteiger partial charge on any atom is 0.490 e. The summed E-state index contributed by atoms with van der Waals surface area (Å²) in [5.41, 5.74) is -0.0573. The second-order valence-electron chi connectivity index (χ2n) is 11.8. The number of benzene rings is 2. The minimum Gasteiger partial charge on any atom is -0.475 e. The standard InChI is InChI=1S/C27H32Cl2FN3O4.C2HF3O2/c1-26(2,3)12-21-27(17-10-19(30)18(29)11-20(17)32-25(27)37)22(14-5-4-6-15(28)9-14)23(33-21)24(36)31-8-7-16(35)13-34;3-2(4,5)1(6)7/h4-6,9-11,16,21-23,33-35H,7-8,12-13H2,1-3H3,(H,31,36)(H,32,37);(H,6,7)/t16-,21-,22-,23+,27+;/m0./s1. The number of nitrogens with one attached hydrogen (secondary N) is 3. The van der Waals surface area contributed by atoms with Crippen LogP contribution in [0.3, 0.4) is 0 Å². The summed E-state index contributed by atoms with van der Waals surface area (Å²) >= 11 is 12.4. The van der Waals surface area contributed by atoms with Crippen LogP contribution in [0.25, 0.3) is 0 Å². The number of halogens is 6. The lowest BCUT2D eigenvalue weighted by molar-refractivity contribution is -0.192. The van der Waals surface area contributed by atoms with Crippen molar-refractivity contribution in [3.63, 3.8) is 0 Å². The molecule has 0 aromatic heterocycles. The highest BCUT2D eigenvalue weighted by Crippen LogP contribution is 2.57. The molecule has 242 valence electrons. The minimum absolute atomic E-state index is 0.106. The lowest BCUT2D eigenvalue weighted by Gasteiger charge is -2.37. The van der Waals surface area contributed by atoms with E-state index in [2.05, 4.69) is 16.0 Å². The molecule has 1 spiro atoms. The van der Waals surface area contributed by atoms with E-state index in [9.17, 15) is 32.3 Å². The van der Waals surface area contributed by atoms with Gasteiger partial charge in [-0.3, -0.25) is 9.59 Å². The van der Waals surface area contributed by atoms with E-state index < -0.39 is 54.1 Å². The Hall–Kier alpha value is -2.97. The Morgan fingerprint density at radius 2 is 1.77 bits per heavy atom. The molecular weight excluding hydrogens is 633 g/mol. The van der Waals surface area contributed by atoms with Crippen molar-refractivity contribution < 1.29 is 47.3 Å². The molecule has 9 nitrogen and oxygen atoms in total. The van der Waals surface area contributed by atoms with Crippen LogP contribution in [0.15, 0.2) is 36.4 Å². The first-order valence-corrected chi connectivity index (χ1v) is 14.3. The summed E-state index contributed by atoms with van der Waals surface area (Å²) in [6.07, 6.45) is -5.37. The number of rotatable bonds is 7. The molecule has 0 unspecified atom stereocenters. The van der Waals surface area contributed by atoms with Crippen LogP contribution >= 0.6 is 23.2 Å². The molecule has 2 aliphatic rings. The third-order valence-electron chi connectivity index (χ3n) is 7.42. The van der Waals surface area contributed by atoms with Crippen LogP contribution in [-0.4, -0.2) is 70.6 Å². The number of aliphatic carboxylic acids is 1. The van der Waals surface area contributed by atoms with Crippen molar-refractivity contribution in [3.05, 3.63) is 63.4 Å². The van der Waals surface area contributed by atoms with Crippen LogP contribution in [0.5, 0.6) is 0 Å². The van der Waals surface area contributed by atoms with Gasteiger partial charge in [-0.05, 0) is 53.6 Å². The largest absolute Gasteiger partial charge is 0.490 e. The normalized spacial score (nSPS) is 23.4. The molecule has 1 fully saturated rings. The van der Waals surface area contributed by atoms with E-state index in [1.807, 2.05) is 26.8 Å². The second kappa shape index (κ2) is 13.6. The fraction of sp³-hybridized carbons (Fsp3) is 0.483. The maximum atomic E-state index is 14.9. The molecule has 6 N–H and O–H groups in total. The molecule has 0 saturated carbocycles. The summed E-state index contributed by atoms with van der Waals surface area (Å²) in [5.74, 6) is -4.86. The second-order valence-corrected chi connectivity index (χ2v) is 12.7. The van der Waals surface area contributed by atoms with Crippen molar-refractivity contribution in [2.24, 2.45) is 5.41 Å². The summed E-state index contributed by atoms with van der Waals surface area (Å²) in [6, 6.07) is 8.30. The van der Waals surface area contributed by atoms with Crippen LogP contribution in [0.1, 0.15) is 50.7 Å². The van der Waals surface area contributed by atoms with E-state index in [0.717, 1.165) is 0 Å². The number of alkyl halides is 3. The van der Waals surface area contributed by atoms with Crippen molar-refractivity contribution in [1.82, 2.24) is 10.6 Å². The zero-order chi connectivity index (χ0) is 33.2. The average molecular weight is 666 g/mol. The Bertz CT molecular complexity index is 1400. The highest BCUT2D eigenvalue weighted by Gasteiger charge is 2.65. The predicted molar refractivity (Wildman–Crippen MR) is 155 cm³/mol. The number of carbonyl (C=O) groups excluding carboxylic acids is 2.